The quantitative estimate of drug-likeness (QED) is 0.373. The van der Waals surface area contributed by atoms with Crippen molar-refractivity contribution in [1.82, 2.24) is 20.3 Å². The second-order valence-corrected chi connectivity index (χ2v) is 7.67. The standard InChI is InChI=1S/C26H28N4O2/c1-20-23(10-6-12-26(20)22-8-3-2-4-9-22)18-32-19-24-17-30(29-28-24)25-11-5-7-21(15-25)16-27-13-14-31/h2-12,15,17,27,31H,13-14,16,18-19H2,1H3. The molecule has 0 radical (unpaired) electrons. The van der Waals surface area contributed by atoms with Gasteiger partial charge in [0.05, 0.1) is 31.7 Å². The second-order valence-electron chi connectivity index (χ2n) is 7.67. The molecule has 0 aliphatic heterocycles. The van der Waals surface area contributed by atoms with E-state index in [1.54, 1.807) is 4.68 Å². The molecule has 0 unspecified atom stereocenters. The Morgan fingerprint density at radius 3 is 2.66 bits per heavy atom. The summed E-state index contributed by atoms with van der Waals surface area (Å²) in [5.41, 5.74) is 7.69. The van der Waals surface area contributed by atoms with E-state index in [1.165, 1.54) is 22.3 Å². The monoisotopic (exact) mass is 428 g/mol. The maximum absolute atomic E-state index is 8.91. The van der Waals surface area contributed by atoms with Gasteiger partial charge in [-0.1, -0.05) is 65.9 Å². The number of aliphatic hydroxyl groups excluding tert-OH is 1. The second kappa shape index (κ2) is 10.8. The molecule has 0 fully saturated rings. The lowest BCUT2D eigenvalue weighted by molar-refractivity contribution is 0.104. The van der Waals surface area contributed by atoms with Gasteiger partial charge < -0.3 is 15.2 Å². The van der Waals surface area contributed by atoms with Crippen LogP contribution in [0, 0.1) is 6.92 Å². The van der Waals surface area contributed by atoms with E-state index in [1.807, 2.05) is 30.5 Å². The van der Waals surface area contributed by atoms with E-state index < -0.39 is 0 Å². The Kier molecular flexibility index (Phi) is 7.40. The SMILES string of the molecule is Cc1c(COCc2cn(-c3cccc(CNCCO)c3)nn2)cccc1-c1ccccc1. The number of nitrogens with zero attached hydrogens (tertiary/aromatic N) is 3. The predicted octanol–water partition coefficient (Wildman–Crippen LogP) is 4.04. The highest BCUT2D eigenvalue weighted by molar-refractivity contribution is 5.68. The van der Waals surface area contributed by atoms with E-state index in [0.717, 1.165) is 16.9 Å². The van der Waals surface area contributed by atoms with Crippen LogP contribution < -0.4 is 5.32 Å². The average Bonchev–Trinajstić information content (AvgIpc) is 3.30. The third-order valence-electron chi connectivity index (χ3n) is 5.37. The van der Waals surface area contributed by atoms with Gasteiger partial charge in [-0.05, 0) is 46.9 Å². The molecule has 0 amide bonds. The van der Waals surface area contributed by atoms with Crippen LogP contribution >= 0.6 is 0 Å². The zero-order valence-corrected chi connectivity index (χ0v) is 18.2. The third kappa shape index (κ3) is 5.48. The van der Waals surface area contributed by atoms with Crippen molar-refractivity contribution in [1.29, 1.82) is 0 Å². The molecule has 0 saturated heterocycles. The zero-order valence-electron chi connectivity index (χ0n) is 18.2. The third-order valence-corrected chi connectivity index (χ3v) is 5.37. The molecule has 0 atom stereocenters. The average molecular weight is 429 g/mol. The summed E-state index contributed by atoms with van der Waals surface area (Å²) in [4.78, 5) is 0. The van der Waals surface area contributed by atoms with Gasteiger partial charge in [0.1, 0.15) is 5.69 Å². The maximum Gasteiger partial charge on any atom is 0.109 e. The first-order valence-electron chi connectivity index (χ1n) is 10.8. The van der Waals surface area contributed by atoms with E-state index in [4.69, 9.17) is 9.84 Å². The van der Waals surface area contributed by atoms with Crippen LogP contribution in [0.15, 0.2) is 79.0 Å². The van der Waals surface area contributed by atoms with Gasteiger partial charge in [0.2, 0.25) is 0 Å². The number of aliphatic hydroxyl groups is 1. The highest BCUT2D eigenvalue weighted by Crippen LogP contribution is 2.26. The minimum atomic E-state index is 0.127. The van der Waals surface area contributed by atoms with E-state index in [9.17, 15) is 0 Å². The summed E-state index contributed by atoms with van der Waals surface area (Å²) in [7, 11) is 0. The molecule has 2 N–H and O–H groups in total. The highest BCUT2D eigenvalue weighted by Gasteiger charge is 2.08. The lowest BCUT2D eigenvalue weighted by Crippen LogP contribution is -2.17. The van der Waals surface area contributed by atoms with Crippen LogP contribution in [0.25, 0.3) is 16.8 Å². The molecule has 1 heterocycles. The molecule has 6 nitrogen and oxygen atoms in total. The Morgan fingerprint density at radius 2 is 1.81 bits per heavy atom. The summed E-state index contributed by atoms with van der Waals surface area (Å²) < 4.78 is 7.73. The molecular formula is C26H28N4O2. The van der Waals surface area contributed by atoms with Crippen LogP contribution in [-0.2, 0) is 24.5 Å². The maximum atomic E-state index is 8.91. The molecule has 0 spiro atoms. The lowest BCUT2D eigenvalue weighted by atomic mass is 9.97. The largest absolute Gasteiger partial charge is 0.395 e. The smallest absolute Gasteiger partial charge is 0.109 e. The van der Waals surface area contributed by atoms with Crippen molar-refractivity contribution in [3.63, 3.8) is 0 Å². The molecule has 1 aromatic heterocycles. The van der Waals surface area contributed by atoms with Gasteiger partial charge in [-0.2, -0.15) is 0 Å². The number of hydrogen-bond acceptors (Lipinski definition) is 5. The van der Waals surface area contributed by atoms with E-state index in [0.29, 0.717) is 26.3 Å². The number of rotatable bonds is 10. The first kappa shape index (κ1) is 21.9. The summed E-state index contributed by atoms with van der Waals surface area (Å²) in [5.74, 6) is 0. The Labute approximate surface area is 188 Å². The van der Waals surface area contributed by atoms with E-state index in [2.05, 4.69) is 71.1 Å². The molecular weight excluding hydrogens is 400 g/mol. The Bertz CT molecular complexity index is 1140. The number of nitrogens with one attached hydrogen (secondary N) is 1. The predicted molar refractivity (Wildman–Crippen MR) is 125 cm³/mol. The van der Waals surface area contributed by atoms with Crippen LogP contribution in [0.3, 0.4) is 0 Å². The fourth-order valence-electron chi connectivity index (χ4n) is 3.65. The zero-order chi connectivity index (χ0) is 22.2. The first-order chi connectivity index (χ1) is 15.7. The van der Waals surface area contributed by atoms with Gasteiger partial charge in [0.25, 0.3) is 0 Å². The molecule has 0 saturated carbocycles. The molecule has 3 aromatic carbocycles. The summed E-state index contributed by atoms with van der Waals surface area (Å²) in [5, 5.41) is 20.6. The van der Waals surface area contributed by atoms with Gasteiger partial charge in [0.15, 0.2) is 0 Å². The summed E-state index contributed by atoms with van der Waals surface area (Å²) >= 11 is 0. The van der Waals surface area contributed by atoms with Crippen LogP contribution in [0.1, 0.15) is 22.4 Å². The summed E-state index contributed by atoms with van der Waals surface area (Å²) in [6.45, 7) is 4.45. The minimum absolute atomic E-state index is 0.127. The fraction of sp³-hybridized carbons (Fsp3) is 0.231. The summed E-state index contributed by atoms with van der Waals surface area (Å²) in [6.07, 6.45) is 1.90. The van der Waals surface area contributed by atoms with Crippen molar-refractivity contribution in [2.45, 2.75) is 26.7 Å². The Morgan fingerprint density at radius 1 is 0.969 bits per heavy atom. The van der Waals surface area contributed by atoms with Gasteiger partial charge in [-0.3, -0.25) is 0 Å². The van der Waals surface area contributed by atoms with Gasteiger partial charge >= 0.3 is 0 Å². The number of ether oxygens (including phenoxy) is 1. The molecule has 4 rings (SSSR count). The van der Waals surface area contributed by atoms with Crippen molar-refractivity contribution in [3.8, 4) is 16.8 Å². The lowest BCUT2D eigenvalue weighted by Gasteiger charge is -2.11. The molecule has 32 heavy (non-hydrogen) atoms. The normalized spacial score (nSPS) is 11.1. The van der Waals surface area contributed by atoms with Crippen LogP contribution in [0.4, 0.5) is 0 Å². The number of hydrogen-bond donors (Lipinski definition) is 2. The molecule has 0 aliphatic carbocycles. The summed E-state index contributed by atoms with van der Waals surface area (Å²) in [6, 6.07) is 24.8. The highest BCUT2D eigenvalue weighted by atomic mass is 16.5. The van der Waals surface area contributed by atoms with Crippen molar-refractivity contribution in [2.75, 3.05) is 13.2 Å². The van der Waals surface area contributed by atoms with Crippen molar-refractivity contribution >= 4 is 0 Å². The molecule has 4 aromatic rings. The molecule has 164 valence electrons. The van der Waals surface area contributed by atoms with Gasteiger partial charge in [-0.25, -0.2) is 4.68 Å². The van der Waals surface area contributed by atoms with Crippen LogP contribution in [-0.4, -0.2) is 33.3 Å². The van der Waals surface area contributed by atoms with Crippen LogP contribution in [0.5, 0.6) is 0 Å². The molecule has 0 aliphatic rings. The Balaban J connectivity index is 1.37. The van der Waals surface area contributed by atoms with E-state index >= 15 is 0 Å². The van der Waals surface area contributed by atoms with Gasteiger partial charge in [0, 0.05) is 13.1 Å². The minimum Gasteiger partial charge on any atom is -0.395 e. The van der Waals surface area contributed by atoms with Crippen molar-refractivity contribution in [2.24, 2.45) is 0 Å². The molecule has 6 heteroatoms. The number of benzene rings is 3. The fourth-order valence-corrected chi connectivity index (χ4v) is 3.65. The van der Waals surface area contributed by atoms with Crippen molar-refractivity contribution in [3.05, 3.63) is 101 Å². The first-order valence-corrected chi connectivity index (χ1v) is 10.8. The Hall–Kier alpha value is -3.32. The van der Waals surface area contributed by atoms with Crippen LogP contribution in [0.2, 0.25) is 0 Å². The number of aromatic nitrogens is 3. The molecule has 0 bridgehead atoms. The van der Waals surface area contributed by atoms with Gasteiger partial charge in [-0.15, -0.1) is 5.10 Å². The topological polar surface area (TPSA) is 72.2 Å². The van der Waals surface area contributed by atoms with Crippen molar-refractivity contribution < 1.29 is 9.84 Å². The van der Waals surface area contributed by atoms with E-state index in [-0.39, 0.29) is 6.61 Å².